The van der Waals surface area contributed by atoms with Gasteiger partial charge in [0.05, 0.1) is 37.7 Å². The number of hydrogen-bond donors (Lipinski definition) is 1. The standard InChI is InChI=1S/C16H25NO4S/c1-4-15-12(2)16(14(11-20-15)17-22(3,18)19)21-10-13-8-6-5-7-9-13/h5-9,12,14-17H,4,10-11H2,1-3H3/t12-,14+,15+,16-/m0/s1. The van der Waals surface area contributed by atoms with Crippen molar-refractivity contribution in [3.8, 4) is 0 Å². The summed E-state index contributed by atoms with van der Waals surface area (Å²) in [7, 11) is -3.30. The van der Waals surface area contributed by atoms with Crippen LogP contribution in [0.4, 0.5) is 0 Å². The third-order valence-corrected chi connectivity index (χ3v) is 4.78. The van der Waals surface area contributed by atoms with Gasteiger partial charge in [0, 0.05) is 5.92 Å². The maximum absolute atomic E-state index is 11.6. The normalized spacial score (nSPS) is 29.4. The predicted octanol–water partition coefficient (Wildman–Crippen LogP) is 1.93. The first-order valence-electron chi connectivity index (χ1n) is 7.65. The van der Waals surface area contributed by atoms with Crippen LogP contribution >= 0.6 is 0 Å². The van der Waals surface area contributed by atoms with E-state index in [0.29, 0.717) is 13.2 Å². The molecule has 1 N–H and O–H groups in total. The van der Waals surface area contributed by atoms with Crippen LogP contribution in [0.3, 0.4) is 0 Å². The summed E-state index contributed by atoms with van der Waals surface area (Å²) < 4.78 is 37.6. The molecule has 0 unspecified atom stereocenters. The van der Waals surface area contributed by atoms with Crippen molar-refractivity contribution in [2.75, 3.05) is 12.9 Å². The lowest BCUT2D eigenvalue weighted by Crippen LogP contribution is -2.56. The van der Waals surface area contributed by atoms with Gasteiger partial charge in [-0.15, -0.1) is 0 Å². The highest BCUT2D eigenvalue weighted by Crippen LogP contribution is 2.27. The molecule has 2 rings (SSSR count). The van der Waals surface area contributed by atoms with Crippen LogP contribution in [-0.2, 0) is 26.1 Å². The topological polar surface area (TPSA) is 64.6 Å². The molecule has 4 atom stereocenters. The van der Waals surface area contributed by atoms with Gasteiger partial charge in [0.25, 0.3) is 0 Å². The van der Waals surface area contributed by atoms with E-state index in [4.69, 9.17) is 9.47 Å². The largest absolute Gasteiger partial charge is 0.376 e. The molecule has 0 aliphatic carbocycles. The molecule has 0 aromatic heterocycles. The van der Waals surface area contributed by atoms with Crippen molar-refractivity contribution in [1.29, 1.82) is 0 Å². The van der Waals surface area contributed by atoms with Crippen LogP contribution in [0.15, 0.2) is 30.3 Å². The number of nitrogens with one attached hydrogen (secondary N) is 1. The molecule has 1 aliphatic heterocycles. The molecule has 1 heterocycles. The van der Waals surface area contributed by atoms with Crippen LogP contribution in [0.1, 0.15) is 25.8 Å². The lowest BCUT2D eigenvalue weighted by Gasteiger charge is -2.41. The second-order valence-corrected chi connectivity index (χ2v) is 7.68. The van der Waals surface area contributed by atoms with Gasteiger partial charge in [-0.2, -0.15) is 0 Å². The summed E-state index contributed by atoms with van der Waals surface area (Å²) in [6.07, 6.45) is 1.95. The molecule has 6 heteroatoms. The number of benzene rings is 1. The minimum atomic E-state index is -3.30. The van der Waals surface area contributed by atoms with Crippen molar-refractivity contribution < 1.29 is 17.9 Å². The maximum Gasteiger partial charge on any atom is 0.209 e. The van der Waals surface area contributed by atoms with Gasteiger partial charge in [-0.25, -0.2) is 13.1 Å². The fourth-order valence-electron chi connectivity index (χ4n) is 2.95. The van der Waals surface area contributed by atoms with E-state index in [2.05, 4.69) is 18.6 Å². The van der Waals surface area contributed by atoms with Gasteiger partial charge >= 0.3 is 0 Å². The average Bonchev–Trinajstić information content (AvgIpc) is 2.46. The summed E-state index contributed by atoms with van der Waals surface area (Å²) in [6, 6.07) is 9.54. The smallest absolute Gasteiger partial charge is 0.209 e. The average molecular weight is 327 g/mol. The molecule has 1 saturated heterocycles. The Balaban J connectivity index is 2.08. The zero-order chi connectivity index (χ0) is 16.2. The van der Waals surface area contributed by atoms with Crippen LogP contribution in [0.2, 0.25) is 0 Å². The summed E-state index contributed by atoms with van der Waals surface area (Å²) in [5.41, 5.74) is 1.08. The van der Waals surface area contributed by atoms with Crippen molar-refractivity contribution in [2.45, 2.75) is 45.1 Å². The Bertz CT molecular complexity index is 561. The highest BCUT2D eigenvalue weighted by atomic mass is 32.2. The summed E-state index contributed by atoms with van der Waals surface area (Å²) in [5.74, 6) is 0.127. The van der Waals surface area contributed by atoms with Gasteiger partial charge in [-0.3, -0.25) is 0 Å². The molecule has 1 aromatic rings. The molecule has 0 radical (unpaired) electrons. The van der Waals surface area contributed by atoms with E-state index in [-0.39, 0.29) is 24.2 Å². The number of sulfonamides is 1. The van der Waals surface area contributed by atoms with E-state index in [1.54, 1.807) is 0 Å². The molecular weight excluding hydrogens is 302 g/mol. The molecule has 1 fully saturated rings. The number of ether oxygens (including phenoxy) is 2. The van der Waals surface area contributed by atoms with E-state index >= 15 is 0 Å². The molecule has 1 aromatic carbocycles. The quantitative estimate of drug-likeness (QED) is 0.867. The van der Waals surface area contributed by atoms with E-state index < -0.39 is 10.0 Å². The fraction of sp³-hybridized carbons (Fsp3) is 0.625. The van der Waals surface area contributed by atoms with Crippen molar-refractivity contribution >= 4 is 10.0 Å². The molecule has 0 spiro atoms. The third-order valence-electron chi connectivity index (χ3n) is 4.04. The highest BCUT2D eigenvalue weighted by molar-refractivity contribution is 7.88. The molecule has 124 valence electrons. The lowest BCUT2D eigenvalue weighted by molar-refractivity contribution is -0.131. The monoisotopic (exact) mass is 327 g/mol. The van der Waals surface area contributed by atoms with E-state index in [0.717, 1.165) is 18.2 Å². The van der Waals surface area contributed by atoms with Crippen molar-refractivity contribution in [2.24, 2.45) is 5.92 Å². The van der Waals surface area contributed by atoms with Crippen molar-refractivity contribution in [3.05, 3.63) is 35.9 Å². The number of rotatable bonds is 6. The van der Waals surface area contributed by atoms with E-state index in [1.165, 1.54) is 0 Å². The van der Waals surface area contributed by atoms with Crippen LogP contribution in [0, 0.1) is 5.92 Å². The van der Waals surface area contributed by atoms with Gasteiger partial charge in [0.2, 0.25) is 10.0 Å². The van der Waals surface area contributed by atoms with Gasteiger partial charge < -0.3 is 9.47 Å². The zero-order valence-corrected chi connectivity index (χ0v) is 14.2. The SMILES string of the molecule is CC[C@H]1OC[C@@H](NS(C)(=O)=O)[C@@H](OCc2ccccc2)[C@H]1C. The van der Waals surface area contributed by atoms with Crippen LogP contribution < -0.4 is 4.72 Å². The van der Waals surface area contributed by atoms with Gasteiger partial charge in [-0.1, -0.05) is 44.2 Å². The Morgan fingerprint density at radius 1 is 1.32 bits per heavy atom. The Morgan fingerprint density at radius 3 is 2.59 bits per heavy atom. The summed E-state index contributed by atoms with van der Waals surface area (Å²) >= 11 is 0. The molecule has 0 amide bonds. The summed E-state index contributed by atoms with van der Waals surface area (Å²) in [5, 5.41) is 0. The zero-order valence-electron chi connectivity index (χ0n) is 13.4. The Kier molecular flexibility index (Phi) is 5.97. The second-order valence-electron chi connectivity index (χ2n) is 5.90. The number of hydrogen-bond acceptors (Lipinski definition) is 4. The molecule has 5 nitrogen and oxygen atoms in total. The molecular formula is C16H25NO4S. The third kappa shape index (κ3) is 4.78. The highest BCUT2D eigenvalue weighted by Gasteiger charge is 2.39. The van der Waals surface area contributed by atoms with Crippen molar-refractivity contribution in [1.82, 2.24) is 4.72 Å². The molecule has 22 heavy (non-hydrogen) atoms. The maximum atomic E-state index is 11.6. The van der Waals surface area contributed by atoms with Crippen LogP contribution in [0.25, 0.3) is 0 Å². The molecule has 1 aliphatic rings. The molecule has 0 saturated carbocycles. The fourth-order valence-corrected chi connectivity index (χ4v) is 3.70. The van der Waals surface area contributed by atoms with Gasteiger partial charge in [0.1, 0.15) is 0 Å². The Hall–Kier alpha value is -0.950. The Labute approximate surface area is 133 Å². The van der Waals surface area contributed by atoms with Gasteiger partial charge in [0.15, 0.2) is 0 Å². The summed E-state index contributed by atoms with van der Waals surface area (Å²) in [6.45, 7) is 4.93. The molecule has 0 bridgehead atoms. The van der Waals surface area contributed by atoms with E-state index in [9.17, 15) is 8.42 Å². The van der Waals surface area contributed by atoms with Crippen LogP contribution in [0.5, 0.6) is 0 Å². The Morgan fingerprint density at radius 2 is 2.00 bits per heavy atom. The van der Waals surface area contributed by atoms with Crippen LogP contribution in [-0.4, -0.2) is 39.5 Å². The van der Waals surface area contributed by atoms with E-state index in [1.807, 2.05) is 30.3 Å². The first kappa shape index (κ1) is 17.4. The first-order chi connectivity index (χ1) is 10.4. The predicted molar refractivity (Wildman–Crippen MR) is 86.0 cm³/mol. The second kappa shape index (κ2) is 7.55. The van der Waals surface area contributed by atoms with Crippen molar-refractivity contribution in [3.63, 3.8) is 0 Å². The summed E-state index contributed by atoms with van der Waals surface area (Å²) in [4.78, 5) is 0. The minimum Gasteiger partial charge on any atom is -0.376 e. The minimum absolute atomic E-state index is 0.0957. The lowest BCUT2D eigenvalue weighted by atomic mass is 9.89. The van der Waals surface area contributed by atoms with Gasteiger partial charge in [-0.05, 0) is 12.0 Å². The first-order valence-corrected chi connectivity index (χ1v) is 9.54.